The standard InChI is InChI=1S/C14H13FO3S/c1-13-8-9-14(2,18-13)12(19(15,16)17)11(13)10-6-4-3-5-7-10/h3-9H,1-2H3. The van der Waals surface area contributed by atoms with Crippen molar-refractivity contribution in [3.63, 3.8) is 0 Å². The Morgan fingerprint density at radius 1 is 1.05 bits per heavy atom. The largest absolute Gasteiger partial charge is 0.351 e. The fraction of sp³-hybridized carbons (Fsp3) is 0.286. The molecule has 3 rings (SSSR count). The predicted octanol–water partition coefficient (Wildman–Crippen LogP) is 2.81. The van der Waals surface area contributed by atoms with E-state index in [4.69, 9.17) is 4.74 Å². The van der Waals surface area contributed by atoms with Gasteiger partial charge in [-0.15, -0.1) is 3.89 Å². The SMILES string of the molecule is CC12C=CC(C)(O1)C(S(=O)(=O)F)=C2c1ccccc1. The molecule has 0 spiro atoms. The van der Waals surface area contributed by atoms with Crippen LogP contribution in [0.15, 0.2) is 47.4 Å². The number of fused-ring (bicyclic) bond motifs is 2. The first kappa shape index (κ1) is 12.6. The van der Waals surface area contributed by atoms with Crippen LogP contribution in [0.3, 0.4) is 0 Å². The smallest absolute Gasteiger partial charge is 0.331 e. The number of ether oxygens (including phenoxy) is 1. The molecule has 2 heterocycles. The van der Waals surface area contributed by atoms with Gasteiger partial charge in [0.15, 0.2) is 0 Å². The van der Waals surface area contributed by atoms with Crippen LogP contribution in [0.2, 0.25) is 0 Å². The van der Waals surface area contributed by atoms with Crippen molar-refractivity contribution in [3.05, 3.63) is 53.0 Å². The topological polar surface area (TPSA) is 43.4 Å². The Bertz CT molecular complexity index is 705. The van der Waals surface area contributed by atoms with Crippen LogP contribution < -0.4 is 0 Å². The minimum atomic E-state index is -4.82. The van der Waals surface area contributed by atoms with Crippen molar-refractivity contribution in [2.45, 2.75) is 25.0 Å². The lowest BCUT2D eigenvalue weighted by Crippen LogP contribution is -2.26. The quantitative estimate of drug-likeness (QED) is 0.618. The van der Waals surface area contributed by atoms with E-state index in [0.717, 1.165) is 0 Å². The van der Waals surface area contributed by atoms with Gasteiger partial charge in [-0.25, -0.2) is 0 Å². The van der Waals surface area contributed by atoms with Gasteiger partial charge < -0.3 is 4.74 Å². The summed E-state index contributed by atoms with van der Waals surface area (Å²) in [6.07, 6.45) is 3.38. The molecular formula is C14H13FO3S. The van der Waals surface area contributed by atoms with Crippen LogP contribution in [0.1, 0.15) is 19.4 Å². The van der Waals surface area contributed by atoms with Crippen LogP contribution in [0.4, 0.5) is 3.89 Å². The maximum atomic E-state index is 13.7. The second-order valence-electron chi connectivity index (χ2n) is 5.16. The van der Waals surface area contributed by atoms with Crippen LogP contribution in [-0.2, 0) is 15.0 Å². The van der Waals surface area contributed by atoms with Gasteiger partial charge in [-0.05, 0) is 31.6 Å². The molecule has 0 radical (unpaired) electrons. The Morgan fingerprint density at radius 2 is 1.63 bits per heavy atom. The minimum Gasteiger partial charge on any atom is -0.351 e. The molecule has 0 saturated heterocycles. The molecule has 0 N–H and O–H groups in total. The summed E-state index contributed by atoms with van der Waals surface area (Å²) in [5.74, 6) is 0. The molecule has 1 aromatic carbocycles. The van der Waals surface area contributed by atoms with Crippen LogP contribution in [0.5, 0.6) is 0 Å². The third-order valence-electron chi connectivity index (χ3n) is 3.62. The van der Waals surface area contributed by atoms with E-state index in [2.05, 4.69) is 0 Å². The summed E-state index contributed by atoms with van der Waals surface area (Å²) < 4.78 is 42.5. The molecule has 100 valence electrons. The summed E-state index contributed by atoms with van der Waals surface area (Å²) in [4.78, 5) is -0.281. The fourth-order valence-corrected chi connectivity index (χ4v) is 4.10. The van der Waals surface area contributed by atoms with E-state index >= 15 is 0 Å². The summed E-state index contributed by atoms with van der Waals surface area (Å²) in [7, 11) is -4.82. The van der Waals surface area contributed by atoms with Gasteiger partial charge >= 0.3 is 10.2 Å². The molecule has 2 unspecified atom stereocenters. The fourth-order valence-electron chi connectivity index (χ4n) is 2.94. The van der Waals surface area contributed by atoms with Crippen molar-refractivity contribution in [2.24, 2.45) is 0 Å². The average Bonchev–Trinajstić information content (AvgIpc) is 2.75. The molecule has 0 saturated carbocycles. The zero-order valence-electron chi connectivity index (χ0n) is 10.6. The first-order chi connectivity index (χ1) is 8.76. The van der Waals surface area contributed by atoms with Gasteiger partial charge in [0, 0.05) is 5.57 Å². The predicted molar refractivity (Wildman–Crippen MR) is 70.4 cm³/mol. The average molecular weight is 280 g/mol. The number of hydrogen-bond acceptors (Lipinski definition) is 3. The highest BCUT2D eigenvalue weighted by Gasteiger charge is 2.57. The normalized spacial score (nSPS) is 33.2. The van der Waals surface area contributed by atoms with Crippen LogP contribution in [-0.4, -0.2) is 19.6 Å². The molecule has 0 amide bonds. The maximum Gasteiger partial charge on any atom is 0.331 e. The van der Waals surface area contributed by atoms with Crippen molar-refractivity contribution in [2.75, 3.05) is 0 Å². The Balaban J connectivity index is 2.35. The zero-order valence-corrected chi connectivity index (χ0v) is 11.4. The lowest BCUT2D eigenvalue weighted by atomic mass is 9.85. The van der Waals surface area contributed by atoms with E-state index in [-0.39, 0.29) is 4.91 Å². The van der Waals surface area contributed by atoms with Gasteiger partial charge in [0.2, 0.25) is 0 Å². The van der Waals surface area contributed by atoms with E-state index in [0.29, 0.717) is 11.1 Å². The number of halogens is 1. The lowest BCUT2D eigenvalue weighted by Gasteiger charge is -2.21. The molecule has 2 atom stereocenters. The van der Waals surface area contributed by atoms with Gasteiger partial charge in [0.25, 0.3) is 0 Å². The Labute approximate surface area is 111 Å². The molecule has 5 heteroatoms. The third-order valence-corrected chi connectivity index (χ3v) is 4.72. The highest BCUT2D eigenvalue weighted by Crippen LogP contribution is 2.55. The maximum absolute atomic E-state index is 13.7. The van der Waals surface area contributed by atoms with Crippen LogP contribution >= 0.6 is 0 Å². The van der Waals surface area contributed by atoms with Gasteiger partial charge in [-0.2, -0.15) is 8.42 Å². The minimum absolute atomic E-state index is 0.281. The van der Waals surface area contributed by atoms with Gasteiger partial charge in [-0.3, -0.25) is 0 Å². The third kappa shape index (κ3) is 1.69. The summed E-state index contributed by atoms with van der Waals surface area (Å²) in [6, 6.07) is 8.90. The molecule has 1 aromatic rings. The van der Waals surface area contributed by atoms with Gasteiger partial charge in [-0.1, -0.05) is 30.3 Å². The van der Waals surface area contributed by atoms with E-state index in [9.17, 15) is 12.3 Å². The summed E-state index contributed by atoms with van der Waals surface area (Å²) in [5.41, 5.74) is -1.06. The lowest BCUT2D eigenvalue weighted by molar-refractivity contribution is 0.00771. The molecule has 2 aliphatic heterocycles. The number of benzene rings is 1. The zero-order chi connectivity index (χ0) is 13.9. The second-order valence-corrected chi connectivity index (χ2v) is 6.44. The molecule has 19 heavy (non-hydrogen) atoms. The second kappa shape index (κ2) is 3.55. The molecule has 0 fully saturated rings. The van der Waals surface area contributed by atoms with Crippen molar-refractivity contribution < 1.29 is 17.0 Å². The van der Waals surface area contributed by atoms with E-state index < -0.39 is 21.4 Å². The Kier molecular flexibility index (Phi) is 2.35. The first-order valence-corrected chi connectivity index (χ1v) is 7.30. The molecule has 2 bridgehead atoms. The van der Waals surface area contributed by atoms with Crippen LogP contribution in [0.25, 0.3) is 5.57 Å². The van der Waals surface area contributed by atoms with Crippen molar-refractivity contribution in [3.8, 4) is 0 Å². The van der Waals surface area contributed by atoms with Crippen molar-refractivity contribution in [1.82, 2.24) is 0 Å². The van der Waals surface area contributed by atoms with E-state index in [1.165, 1.54) is 0 Å². The van der Waals surface area contributed by atoms with Gasteiger partial charge in [0.1, 0.15) is 16.1 Å². The molecule has 0 aliphatic carbocycles. The Hall–Kier alpha value is -1.46. The highest BCUT2D eigenvalue weighted by atomic mass is 32.3. The molecule has 3 nitrogen and oxygen atoms in total. The first-order valence-electron chi connectivity index (χ1n) is 5.92. The molecular weight excluding hydrogens is 267 g/mol. The summed E-state index contributed by atoms with van der Waals surface area (Å²) in [6.45, 7) is 3.31. The number of rotatable bonds is 2. The van der Waals surface area contributed by atoms with Gasteiger partial charge in [0.05, 0.1) is 0 Å². The van der Waals surface area contributed by atoms with E-state index in [1.54, 1.807) is 50.3 Å². The summed E-state index contributed by atoms with van der Waals surface area (Å²) in [5, 5.41) is 0. The number of hydrogen-bond donors (Lipinski definition) is 0. The van der Waals surface area contributed by atoms with Crippen LogP contribution in [0, 0.1) is 0 Å². The monoisotopic (exact) mass is 280 g/mol. The van der Waals surface area contributed by atoms with Crippen molar-refractivity contribution >= 4 is 15.8 Å². The molecule has 2 aliphatic rings. The summed E-state index contributed by atoms with van der Waals surface area (Å²) >= 11 is 0. The molecule has 0 aromatic heterocycles. The Morgan fingerprint density at radius 3 is 2.21 bits per heavy atom. The van der Waals surface area contributed by atoms with E-state index in [1.807, 2.05) is 6.07 Å². The van der Waals surface area contributed by atoms with Crippen molar-refractivity contribution in [1.29, 1.82) is 0 Å². The highest BCUT2D eigenvalue weighted by molar-refractivity contribution is 7.90.